The van der Waals surface area contributed by atoms with Gasteiger partial charge in [-0.25, -0.2) is 8.42 Å². The lowest BCUT2D eigenvalue weighted by molar-refractivity contribution is 0.601. The van der Waals surface area contributed by atoms with Crippen LogP contribution in [0.1, 0.15) is 5.56 Å². The summed E-state index contributed by atoms with van der Waals surface area (Å²) < 4.78 is 26.7. The molecule has 2 aromatic rings. The lowest BCUT2D eigenvalue weighted by Gasteiger charge is -2.10. The summed E-state index contributed by atoms with van der Waals surface area (Å²) in [7, 11) is -3.58. The fraction of sp³-hybridized carbons (Fsp3) is 0.0769. The quantitative estimate of drug-likeness (QED) is 0.834. The molecule has 0 saturated heterocycles. The number of aryl methyl sites for hydroxylation is 1. The Morgan fingerprint density at radius 1 is 1.06 bits per heavy atom. The Labute approximate surface area is 107 Å². The van der Waals surface area contributed by atoms with Gasteiger partial charge >= 0.3 is 0 Å². The maximum absolute atomic E-state index is 12.1. The number of benzene rings is 2. The predicted molar refractivity (Wildman–Crippen MR) is 72.8 cm³/mol. The van der Waals surface area contributed by atoms with Crippen LogP contribution in [0.2, 0.25) is 0 Å². The third-order valence-corrected chi connectivity index (χ3v) is 3.89. The van der Waals surface area contributed by atoms with Crippen molar-refractivity contribution >= 4 is 21.4 Å². The number of rotatable bonds is 3. The van der Waals surface area contributed by atoms with Crippen LogP contribution in [0.4, 0.5) is 11.4 Å². The SMILES string of the molecule is Cc1ccc(N)c(NS(=O)(=O)c2ccccc2)c1. The first-order valence-electron chi connectivity index (χ1n) is 5.43. The van der Waals surface area contributed by atoms with Gasteiger partial charge in [0.15, 0.2) is 0 Å². The van der Waals surface area contributed by atoms with Crippen LogP contribution in [-0.4, -0.2) is 8.42 Å². The molecule has 0 bridgehead atoms. The van der Waals surface area contributed by atoms with Crippen LogP contribution in [0.3, 0.4) is 0 Å². The van der Waals surface area contributed by atoms with E-state index < -0.39 is 10.0 Å². The first-order chi connectivity index (χ1) is 8.49. The standard InChI is InChI=1S/C13H14N2O2S/c1-10-7-8-12(14)13(9-10)15-18(16,17)11-5-3-2-4-6-11/h2-9,15H,14H2,1H3. The van der Waals surface area contributed by atoms with Gasteiger partial charge in [0.05, 0.1) is 16.3 Å². The van der Waals surface area contributed by atoms with Crippen molar-refractivity contribution in [2.24, 2.45) is 0 Å². The van der Waals surface area contributed by atoms with E-state index in [0.29, 0.717) is 11.4 Å². The second-order valence-corrected chi connectivity index (χ2v) is 5.69. The molecule has 0 aliphatic heterocycles. The van der Waals surface area contributed by atoms with E-state index in [4.69, 9.17) is 5.73 Å². The van der Waals surface area contributed by atoms with E-state index in [1.54, 1.807) is 30.3 Å². The average Bonchev–Trinajstić information content (AvgIpc) is 2.35. The molecule has 4 nitrogen and oxygen atoms in total. The van der Waals surface area contributed by atoms with E-state index in [1.807, 2.05) is 13.0 Å². The molecule has 0 atom stereocenters. The highest BCUT2D eigenvalue weighted by Crippen LogP contribution is 2.23. The molecule has 18 heavy (non-hydrogen) atoms. The number of nitrogens with one attached hydrogen (secondary N) is 1. The molecule has 0 fully saturated rings. The molecule has 5 heteroatoms. The summed E-state index contributed by atoms with van der Waals surface area (Å²) in [6.07, 6.45) is 0. The molecule has 0 saturated carbocycles. The van der Waals surface area contributed by atoms with E-state index in [1.165, 1.54) is 12.1 Å². The summed E-state index contributed by atoms with van der Waals surface area (Å²) in [5.41, 5.74) is 7.49. The van der Waals surface area contributed by atoms with E-state index in [0.717, 1.165) is 5.56 Å². The van der Waals surface area contributed by atoms with Gasteiger partial charge in [-0.1, -0.05) is 24.3 Å². The van der Waals surface area contributed by atoms with Crippen molar-refractivity contribution in [1.29, 1.82) is 0 Å². The maximum Gasteiger partial charge on any atom is 0.261 e. The van der Waals surface area contributed by atoms with Crippen LogP contribution < -0.4 is 10.5 Å². The van der Waals surface area contributed by atoms with Crippen molar-refractivity contribution in [3.05, 3.63) is 54.1 Å². The van der Waals surface area contributed by atoms with Gasteiger partial charge in [0.25, 0.3) is 10.0 Å². The van der Waals surface area contributed by atoms with Crippen LogP contribution in [0.5, 0.6) is 0 Å². The molecule has 0 unspecified atom stereocenters. The van der Waals surface area contributed by atoms with E-state index in [-0.39, 0.29) is 4.90 Å². The number of anilines is 2. The average molecular weight is 262 g/mol. The van der Waals surface area contributed by atoms with Gasteiger partial charge < -0.3 is 5.73 Å². The zero-order valence-electron chi connectivity index (χ0n) is 9.92. The summed E-state index contributed by atoms with van der Waals surface area (Å²) >= 11 is 0. The highest BCUT2D eigenvalue weighted by molar-refractivity contribution is 7.92. The number of hydrogen-bond acceptors (Lipinski definition) is 3. The third-order valence-electron chi connectivity index (χ3n) is 2.51. The van der Waals surface area contributed by atoms with Crippen LogP contribution in [0, 0.1) is 6.92 Å². The monoisotopic (exact) mass is 262 g/mol. The van der Waals surface area contributed by atoms with Crippen LogP contribution in [0.15, 0.2) is 53.4 Å². The molecule has 0 aliphatic rings. The minimum atomic E-state index is -3.58. The summed E-state index contributed by atoms with van der Waals surface area (Å²) in [5, 5.41) is 0. The molecule has 0 amide bonds. The van der Waals surface area contributed by atoms with Crippen molar-refractivity contribution in [2.75, 3.05) is 10.5 Å². The summed E-state index contributed by atoms with van der Waals surface area (Å²) in [6.45, 7) is 1.87. The van der Waals surface area contributed by atoms with Gasteiger partial charge in [-0.05, 0) is 36.8 Å². The Morgan fingerprint density at radius 3 is 2.39 bits per heavy atom. The van der Waals surface area contributed by atoms with Crippen molar-refractivity contribution < 1.29 is 8.42 Å². The topological polar surface area (TPSA) is 72.2 Å². The molecular formula is C13H14N2O2S. The van der Waals surface area contributed by atoms with Gasteiger partial charge in [0.2, 0.25) is 0 Å². The molecule has 2 aromatic carbocycles. The van der Waals surface area contributed by atoms with Crippen molar-refractivity contribution in [2.45, 2.75) is 11.8 Å². The lowest BCUT2D eigenvalue weighted by Crippen LogP contribution is -2.14. The van der Waals surface area contributed by atoms with Crippen LogP contribution in [0.25, 0.3) is 0 Å². The Hall–Kier alpha value is -2.01. The van der Waals surface area contributed by atoms with Crippen LogP contribution in [-0.2, 0) is 10.0 Å². The highest BCUT2D eigenvalue weighted by Gasteiger charge is 2.14. The molecule has 0 heterocycles. The van der Waals surface area contributed by atoms with E-state index in [2.05, 4.69) is 4.72 Å². The first-order valence-corrected chi connectivity index (χ1v) is 6.91. The Kier molecular flexibility index (Phi) is 3.25. The Bertz CT molecular complexity index is 652. The number of hydrogen-bond donors (Lipinski definition) is 2. The van der Waals surface area contributed by atoms with E-state index in [9.17, 15) is 8.42 Å². The minimum Gasteiger partial charge on any atom is -0.397 e. The summed E-state index contributed by atoms with van der Waals surface area (Å²) in [5.74, 6) is 0. The highest BCUT2D eigenvalue weighted by atomic mass is 32.2. The molecule has 94 valence electrons. The molecule has 0 aromatic heterocycles. The molecular weight excluding hydrogens is 248 g/mol. The minimum absolute atomic E-state index is 0.214. The van der Waals surface area contributed by atoms with Crippen LogP contribution >= 0.6 is 0 Å². The molecule has 0 aliphatic carbocycles. The van der Waals surface area contributed by atoms with Gasteiger partial charge in [-0.3, -0.25) is 4.72 Å². The second kappa shape index (κ2) is 4.70. The molecule has 0 spiro atoms. The van der Waals surface area contributed by atoms with Gasteiger partial charge in [0.1, 0.15) is 0 Å². The number of nitrogen functional groups attached to an aromatic ring is 1. The van der Waals surface area contributed by atoms with Crippen molar-refractivity contribution in [3.63, 3.8) is 0 Å². The Balaban J connectivity index is 2.37. The zero-order chi connectivity index (χ0) is 13.2. The van der Waals surface area contributed by atoms with Crippen molar-refractivity contribution in [3.8, 4) is 0 Å². The third kappa shape index (κ3) is 2.62. The zero-order valence-corrected chi connectivity index (χ0v) is 10.7. The fourth-order valence-corrected chi connectivity index (χ4v) is 2.66. The predicted octanol–water partition coefficient (Wildman–Crippen LogP) is 2.38. The molecule has 0 radical (unpaired) electrons. The number of sulfonamides is 1. The molecule has 3 N–H and O–H groups in total. The first kappa shape index (κ1) is 12.4. The van der Waals surface area contributed by atoms with Gasteiger partial charge in [0, 0.05) is 0 Å². The largest absolute Gasteiger partial charge is 0.397 e. The molecule has 2 rings (SSSR count). The maximum atomic E-state index is 12.1. The smallest absolute Gasteiger partial charge is 0.261 e. The summed E-state index contributed by atoms with van der Waals surface area (Å²) in [6, 6.07) is 13.4. The normalized spacial score (nSPS) is 11.2. The lowest BCUT2D eigenvalue weighted by atomic mass is 10.2. The van der Waals surface area contributed by atoms with Crippen molar-refractivity contribution in [1.82, 2.24) is 0 Å². The van der Waals surface area contributed by atoms with Gasteiger partial charge in [-0.2, -0.15) is 0 Å². The number of nitrogens with two attached hydrogens (primary N) is 1. The summed E-state index contributed by atoms with van der Waals surface area (Å²) in [4.78, 5) is 0.214. The van der Waals surface area contributed by atoms with Gasteiger partial charge in [-0.15, -0.1) is 0 Å². The Morgan fingerprint density at radius 2 is 1.72 bits per heavy atom. The fourth-order valence-electron chi connectivity index (χ4n) is 1.56. The second-order valence-electron chi connectivity index (χ2n) is 4.01. The van der Waals surface area contributed by atoms with E-state index >= 15 is 0 Å².